The van der Waals surface area contributed by atoms with Gasteiger partial charge in [-0.1, -0.05) is 38.5 Å². The molecule has 0 atom stereocenters. The van der Waals surface area contributed by atoms with E-state index in [1.165, 1.54) is 25.7 Å². The molecule has 0 saturated heterocycles. The first-order chi connectivity index (χ1) is 10.7. The van der Waals surface area contributed by atoms with Crippen LogP contribution in [0.5, 0.6) is 0 Å². The number of ether oxygens (including phenoxy) is 1. The summed E-state index contributed by atoms with van der Waals surface area (Å²) in [7, 11) is 0. The summed E-state index contributed by atoms with van der Waals surface area (Å²) in [6.45, 7) is 2.24. The first kappa shape index (κ1) is 17.1. The fourth-order valence-electron chi connectivity index (χ4n) is 3.61. The van der Waals surface area contributed by atoms with E-state index in [0.717, 1.165) is 38.5 Å². The van der Waals surface area contributed by atoms with Crippen molar-refractivity contribution in [2.45, 2.75) is 83.2 Å². The quantitative estimate of drug-likeness (QED) is 0.793. The lowest BCUT2D eigenvalue weighted by Crippen LogP contribution is -2.52. The Balaban J connectivity index is 1.94. The molecule has 2 amide bonds. The first-order valence-electron chi connectivity index (χ1n) is 8.93. The van der Waals surface area contributed by atoms with E-state index in [0.29, 0.717) is 6.61 Å². The second-order valence-corrected chi connectivity index (χ2v) is 6.51. The van der Waals surface area contributed by atoms with Crippen LogP contribution in [0.2, 0.25) is 0 Å². The van der Waals surface area contributed by atoms with Gasteiger partial charge in [-0.3, -0.25) is 4.79 Å². The number of hydrogen-bond acceptors (Lipinski definition) is 3. The molecule has 1 N–H and O–H groups in total. The number of urea groups is 1. The van der Waals surface area contributed by atoms with E-state index in [-0.39, 0.29) is 30.6 Å². The maximum absolute atomic E-state index is 12.7. The Morgan fingerprint density at radius 2 is 1.59 bits per heavy atom. The molecule has 126 valence electrons. The number of hydrogen-bond donors (Lipinski definition) is 1. The summed E-state index contributed by atoms with van der Waals surface area (Å²) in [6.07, 6.45) is 11.3. The fourth-order valence-corrected chi connectivity index (χ4v) is 3.61. The maximum atomic E-state index is 12.7. The molecule has 2 aliphatic carbocycles. The number of esters is 1. The van der Waals surface area contributed by atoms with Crippen LogP contribution in [0.3, 0.4) is 0 Å². The van der Waals surface area contributed by atoms with Crippen LogP contribution in [0.25, 0.3) is 0 Å². The van der Waals surface area contributed by atoms with Gasteiger partial charge >= 0.3 is 12.0 Å². The Labute approximate surface area is 133 Å². The summed E-state index contributed by atoms with van der Waals surface area (Å²) in [5.41, 5.74) is 0. The molecular weight excluding hydrogens is 280 g/mol. The molecule has 2 rings (SSSR count). The molecule has 0 radical (unpaired) electrons. The Hall–Kier alpha value is -1.26. The van der Waals surface area contributed by atoms with Crippen molar-refractivity contribution in [2.75, 3.05) is 13.2 Å². The van der Waals surface area contributed by atoms with Crippen molar-refractivity contribution >= 4 is 12.0 Å². The van der Waals surface area contributed by atoms with Crippen LogP contribution in [0, 0.1) is 0 Å². The Morgan fingerprint density at radius 3 is 2.18 bits per heavy atom. The molecule has 2 saturated carbocycles. The normalized spacial score (nSPS) is 20.4. The number of nitrogens with zero attached hydrogens (tertiary/aromatic N) is 1. The van der Waals surface area contributed by atoms with E-state index >= 15 is 0 Å². The highest BCUT2D eigenvalue weighted by molar-refractivity contribution is 5.81. The van der Waals surface area contributed by atoms with Crippen molar-refractivity contribution in [3.05, 3.63) is 0 Å². The van der Waals surface area contributed by atoms with E-state index in [2.05, 4.69) is 5.32 Å². The van der Waals surface area contributed by atoms with Gasteiger partial charge in [0, 0.05) is 12.1 Å². The molecule has 0 unspecified atom stereocenters. The van der Waals surface area contributed by atoms with Crippen LogP contribution in [0.15, 0.2) is 0 Å². The van der Waals surface area contributed by atoms with Gasteiger partial charge in [0.15, 0.2) is 0 Å². The third-order valence-electron chi connectivity index (χ3n) is 4.81. The minimum absolute atomic E-state index is 0.0770. The van der Waals surface area contributed by atoms with E-state index < -0.39 is 0 Å². The third kappa shape index (κ3) is 5.18. The number of carbonyl (C=O) groups excluding carboxylic acids is 2. The summed E-state index contributed by atoms with van der Waals surface area (Å²) in [4.78, 5) is 26.2. The summed E-state index contributed by atoms with van der Waals surface area (Å²) in [5, 5.41) is 3.14. The fraction of sp³-hybridized carbons (Fsp3) is 0.882. The SMILES string of the molecule is CCOC(=O)CN(C(=O)NC1CCCCC1)C1CCCCC1. The molecule has 2 fully saturated rings. The van der Waals surface area contributed by atoms with Gasteiger partial charge in [-0.2, -0.15) is 0 Å². The zero-order chi connectivity index (χ0) is 15.8. The molecule has 5 nitrogen and oxygen atoms in total. The minimum atomic E-state index is -0.299. The van der Waals surface area contributed by atoms with E-state index in [1.54, 1.807) is 11.8 Å². The zero-order valence-electron chi connectivity index (χ0n) is 13.8. The molecule has 2 aliphatic rings. The average molecular weight is 310 g/mol. The summed E-state index contributed by atoms with van der Waals surface area (Å²) >= 11 is 0. The van der Waals surface area contributed by atoms with Crippen LogP contribution in [0.4, 0.5) is 4.79 Å². The van der Waals surface area contributed by atoms with Gasteiger partial charge in [-0.05, 0) is 32.6 Å². The molecule has 22 heavy (non-hydrogen) atoms. The monoisotopic (exact) mass is 310 g/mol. The van der Waals surface area contributed by atoms with Crippen LogP contribution >= 0.6 is 0 Å². The minimum Gasteiger partial charge on any atom is -0.465 e. The Kier molecular flexibility index (Phi) is 7.00. The highest BCUT2D eigenvalue weighted by Crippen LogP contribution is 2.23. The topological polar surface area (TPSA) is 58.6 Å². The largest absolute Gasteiger partial charge is 0.465 e. The molecule has 0 aromatic carbocycles. The van der Waals surface area contributed by atoms with Crippen molar-refractivity contribution in [2.24, 2.45) is 0 Å². The molecule has 0 bridgehead atoms. The van der Waals surface area contributed by atoms with E-state index in [9.17, 15) is 9.59 Å². The highest BCUT2D eigenvalue weighted by Gasteiger charge is 2.29. The molecule has 0 aromatic rings. The van der Waals surface area contributed by atoms with Crippen LogP contribution < -0.4 is 5.32 Å². The Morgan fingerprint density at radius 1 is 1.00 bits per heavy atom. The molecule has 0 spiro atoms. The number of nitrogens with one attached hydrogen (secondary N) is 1. The summed E-state index contributed by atoms with van der Waals surface area (Å²) < 4.78 is 5.04. The lowest BCUT2D eigenvalue weighted by atomic mass is 9.94. The lowest BCUT2D eigenvalue weighted by molar-refractivity contribution is -0.144. The number of amides is 2. The molecule has 0 aromatic heterocycles. The maximum Gasteiger partial charge on any atom is 0.325 e. The lowest BCUT2D eigenvalue weighted by Gasteiger charge is -2.35. The van der Waals surface area contributed by atoms with E-state index in [4.69, 9.17) is 4.74 Å². The van der Waals surface area contributed by atoms with Crippen LogP contribution in [-0.2, 0) is 9.53 Å². The second kappa shape index (κ2) is 9.01. The van der Waals surface area contributed by atoms with Gasteiger partial charge < -0.3 is 15.0 Å². The van der Waals surface area contributed by atoms with Gasteiger partial charge in [-0.15, -0.1) is 0 Å². The predicted molar refractivity (Wildman–Crippen MR) is 85.6 cm³/mol. The molecule has 5 heteroatoms. The average Bonchev–Trinajstić information content (AvgIpc) is 2.54. The first-order valence-corrected chi connectivity index (χ1v) is 8.93. The summed E-state index contributed by atoms with van der Waals surface area (Å²) in [6, 6.07) is 0.378. The second-order valence-electron chi connectivity index (χ2n) is 6.51. The van der Waals surface area contributed by atoms with Gasteiger partial charge in [0.25, 0.3) is 0 Å². The van der Waals surface area contributed by atoms with Crippen molar-refractivity contribution in [1.29, 1.82) is 0 Å². The zero-order valence-corrected chi connectivity index (χ0v) is 13.8. The van der Waals surface area contributed by atoms with E-state index in [1.807, 2.05) is 0 Å². The molecule has 0 heterocycles. The number of carbonyl (C=O) groups is 2. The van der Waals surface area contributed by atoms with Crippen molar-refractivity contribution in [3.8, 4) is 0 Å². The third-order valence-corrected chi connectivity index (χ3v) is 4.81. The predicted octanol–water partition coefficient (Wildman–Crippen LogP) is 3.23. The van der Waals surface area contributed by atoms with Crippen molar-refractivity contribution < 1.29 is 14.3 Å². The number of rotatable bonds is 5. The van der Waals surface area contributed by atoms with Gasteiger partial charge in [-0.25, -0.2) is 4.79 Å². The van der Waals surface area contributed by atoms with Gasteiger partial charge in [0.05, 0.1) is 6.61 Å². The Bertz CT molecular complexity index is 361. The van der Waals surface area contributed by atoms with Crippen molar-refractivity contribution in [3.63, 3.8) is 0 Å². The van der Waals surface area contributed by atoms with Crippen LogP contribution in [0.1, 0.15) is 71.1 Å². The summed E-state index contributed by atoms with van der Waals surface area (Å²) in [5.74, 6) is -0.299. The van der Waals surface area contributed by atoms with Gasteiger partial charge in [0.1, 0.15) is 6.54 Å². The smallest absolute Gasteiger partial charge is 0.325 e. The standard InChI is InChI=1S/C17H30N2O3/c1-2-22-16(20)13-19(15-11-7-4-8-12-15)17(21)18-14-9-5-3-6-10-14/h14-15H,2-13H2,1H3,(H,18,21). The van der Waals surface area contributed by atoms with Crippen LogP contribution in [-0.4, -0.2) is 42.1 Å². The molecular formula is C17H30N2O3. The van der Waals surface area contributed by atoms with Crippen molar-refractivity contribution in [1.82, 2.24) is 10.2 Å². The molecule has 0 aliphatic heterocycles. The van der Waals surface area contributed by atoms with Gasteiger partial charge in [0.2, 0.25) is 0 Å². The highest BCUT2D eigenvalue weighted by atomic mass is 16.5.